The largest absolute Gasteiger partial charge is 1.00 e. The van der Waals surface area contributed by atoms with Crippen LogP contribution in [0.5, 0.6) is 0 Å². The Morgan fingerprint density at radius 1 is 0.424 bits per heavy atom. The summed E-state index contributed by atoms with van der Waals surface area (Å²) in [6.45, 7) is 43.2. The molecule has 0 nitrogen and oxygen atoms in total. The molecule has 0 heterocycles. The molecule has 0 saturated heterocycles. The zero-order chi connectivity index (χ0) is 42.0. The van der Waals surface area contributed by atoms with Gasteiger partial charge in [0.15, 0.2) is 0 Å². The second-order valence-corrected chi connectivity index (χ2v) is 27.8. The summed E-state index contributed by atoms with van der Waals surface area (Å²) in [5.41, 5.74) is 11.3. The predicted molar refractivity (Wildman–Crippen MR) is 246 cm³/mol. The van der Waals surface area contributed by atoms with Gasteiger partial charge in [-0.15, -0.1) is 0 Å². The molecule has 0 atom stereocenters. The van der Waals surface area contributed by atoms with Gasteiger partial charge in [0.25, 0.3) is 0 Å². The van der Waals surface area contributed by atoms with E-state index in [-0.39, 0.29) is 69.7 Å². The van der Waals surface area contributed by atoms with Crippen LogP contribution in [0, 0.1) is 0 Å². The Bertz CT molecular complexity index is 1870. The molecular formula is C54H73Cl3SiTi. The number of benzene rings is 4. The fourth-order valence-electron chi connectivity index (χ4n) is 8.09. The summed E-state index contributed by atoms with van der Waals surface area (Å²) in [6, 6.07) is 34.8. The molecule has 0 saturated carbocycles. The minimum atomic E-state index is -3.11. The molecule has 59 heavy (non-hydrogen) atoms. The minimum absolute atomic E-state index is 0. The average molecular weight is 904 g/mol. The van der Waals surface area contributed by atoms with Crippen LogP contribution in [-0.4, -0.2) is 8.07 Å². The number of allylic oxidation sites excluding steroid dienone is 4. The summed E-state index contributed by atoms with van der Waals surface area (Å²) in [6.07, 6.45) is 4.61. The van der Waals surface area contributed by atoms with Gasteiger partial charge in [-0.25, -0.2) is 0 Å². The predicted octanol–water partition coefficient (Wildman–Crippen LogP) is 3.87. The Morgan fingerprint density at radius 2 is 0.695 bits per heavy atom. The minimum Gasteiger partial charge on any atom is -1.00 e. The van der Waals surface area contributed by atoms with Crippen LogP contribution >= 0.6 is 0 Å². The van der Waals surface area contributed by atoms with Gasteiger partial charge in [-0.2, -0.15) is 0 Å². The van der Waals surface area contributed by atoms with Crippen molar-refractivity contribution in [2.24, 2.45) is 0 Å². The second-order valence-electron chi connectivity index (χ2n) is 23.1. The molecule has 0 aromatic heterocycles. The SMILES string of the molecule is CC(C)(C)c1cc(C(C)(C)C)cc([Si](C2=CC[C]([Ti+3])=C2Cc2ccccc2)(c2cc(C(C)(C)C)cc(C(C)(C)C)c2)c2cc(C(C)(C)C)cc(C(C)(C)C)c2)c1.[Cl-].[Cl-].[Cl-]. The molecule has 0 spiro atoms. The van der Waals surface area contributed by atoms with Crippen molar-refractivity contribution in [3.8, 4) is 0 Å². The third-order valence-corrected chi connectivity index (χ3v) is 17.7. The molecule has 5 heteroatoms. The molecule has 1 aliphatic rings. The maximum Gasteiger partial charge on any atom is -1.00 e. The zero-order valence-corrected chi connectivity index (χ0v) is 44.5. The summed E-state index contributed by atoms with van der Waals surface area (Å²) < 4.78 is 1.51. The van der Waals surface area contributed by atoms with Crippen molar-refractivity contribution in [2.75, 3.05) is 0 Å². The van der Waals surface area contributed by atoms with Gasteiger partial charge in [-0.05, 0) is 0 Å². The van der Waals surface area contributed by atoms with Crippen molar-refractivity contribution in [1.82, 2.24) is 0 Å². The molecule has 0 N–H and O–H groups in total. The maximum absolute atomic E-state index is 3.11. The van der Waals surface area contributed by atoms with Gasteiger partial charge in [-0.1, -0.05) is 0 Å². The monoisotopic (exact) mass is 902 g/mol. The van der Waals surface area contributed by atoms with Crippen LogP contribution in [0.3, 0.4) is 0 Å². The summed E-state index contributed by atoms with van der Waals surface area (Å²) >= 11 is 2.41. The molecule has 0 unspecified atom stereocenters. The van der Waals surface area contributed by atoms with E-state index < -0.39 is 8.07 Å². The van der Waals surface area contributed by atoms with Crippen molar-refractivity contribution in [1.29, 1.82) is 0 Å². The Morgan fingerprint density at radius 3 is 0.949 bits per heavy atom. The van der Waals surface area contributed by atoms with Crippen LogP contribution in [0.15, 0.2) is 106 Å². The van der Waals surface area contributed by atoms with E-state index in [1.54, 1.807) is 10.8 Å². The normalized spacial score (nSPS) is 14.3. The first kappa shape index (κ1) is 53.3. The van der Waals surface area contributed by atoms with E-state index in [0.29, 0.717) is 0 Å². The van der Waals surface area contributed by atoms with Gasteiger partial charge >= 0.3 is 359 Å². The first-order valence-electron chi connectivity index (χ1n) is 21.1. The molecular weight excluding hydrogens is 831 g/mol. The molecule has 1 aliphatic carbocycles. The van der Waals surface area contributed by atoms with Crippen LogP contribution in [0.1, 0.15) is 170 Å². The van der Waals surface area contributed by atoms with Gasteiger partial charge < -0.3 is 37.2 Å². The molecule has 0 aliphatic heterocycles. The van der Waals surface area contributed by atoms with E-state index in [0.717, 1.165) is 12.8 Å². The molecule has 4 aromatic carbocycles. The topological polar surface area (TPSA) is 0 Å². The van der Waals surface area contributed by atoms with Crippen LogP contribution in [-0.2, 0) is 59.3 Å². The number of halogens is 3. The molecule has 0 bridgehead atoms. The fraction of sp³-hybridized carbons (Fsp3) is 0.481. The Labute approximate surface area is 393 Å². The molecule has 0 fully saturated rings. The van der Waals surface area contributed by atoms with Crippen molar-refractivity contribution in [3.63, 3.8) is 0 Å². The summed E-state index contributed by atoms with van der Waals surface area (Å²) in [7, 11) is -3.11. The van der Waals surface area contributed by atoms with Gasteiger partial charge in [0.1, 0.15) is 0 Å². The van der Waals surface area contributed by atoms with Crippen LogP contribution < -0.4 is 52.8 Å². The van der Waals surface area contributed by atoms with E-state index in [4.69, 9.17) is 0 Å². The van der Waals surface area contributed by atoms with Gasteiger partial charge in [-0.3, -0.25) is 0 Å². The molecule has 4 aromatic rings. The Hall–Kier alpha value is -1.84. The zero-order valence-electron chi connectivity index (χ0n) is 39.7. The standard InChI is InChI=1S/C54H73Si.3ClH.Ti/c1-49(2,3)39-28-40(50(4,5)6)32-45(31-39)55(48-26-22-25-38(48)27-37-23-20-19-21-24-37,46-33-41(51(7,8)9)29-42(34-46)52(10,11)12)47-35-43(53(13,14)15)30-44(36-47)54(16,17)18;;;;/h19-21,23-24,26,28-36H,22,27H2,1-18H3;3*1H;/q;;;;+3/p-3. The van der Waals surface area contributed by atoms with E-state index in [1.807, 2.05) is 0 Å². The Kier molecular flexibility index (Phi) is 16.7. The Balaban J connectivity index is 0.00000400. The summed E-state index contributed by atoms with van der Waals surface area (Å²) in [4.78, 5) is 0. The van der Waals surface area contributed by atoms with Crippen molar-refractivity contribution >= 4 is 23.6 Å². The van der Waals surface area contributed by atoms with E-state index in [1.165, 1.54) is 58.4 Å². The fourth-order valence-corrected chi connectivity index (χ4v) is 14.1. The summed E-state index contributed by atoms with van der Waals surface area (Å²) in [5.74, 6) is 0. The molecule has 5 rings (SSSR count). The van der Waals surface area contributed by atoms with Crippen LogP contribution in [0.25, 0.3) is 0 Å². The average Bonchev–Trinajstić information content (AvgIpc) is 3.42. The number of hydrogen-bond donors (Lipinski definition) is 0. The third-order valence-electron chi connectivity index (χ3n) is 12.1. The molecule has 318 valence electrons. The van der Waals surface area contributed by atoms with Crippen LogP contribution in [0.2, 0.25) is 0 Å². The van der Waals surface area contributed by atoms with Crippen molar-refractivity contribution < 1.29 is 57.7 Å². The number of hydrogen-bond acceptors (Lipinski definition) is 0. The quantitative estimate of drug-likeness (QED) is 0.204. The van der Waals surface area contributed by atoms with Gasteiger partial charge in [0.2, 0.25) is 0 Å². The smallest absolute Gasteiger partial charge is 1.00 e. The van der Waals surface area contributed by atoms with E-state index in [2.05, 4.69) is 236 Å². The van der Waals surface area contributed by atoms with E-state index >= 15 is 0 Å². The van der Waals surface area contributed by atoms with Gasteiger partial charge in [0, 0.05) is 0 Å². The first-order chi connectivity index (χ1) is 25.4. The van der Waals surface area contributed by atoms with Crippen LogP contribution in [0.4, 0.5) is 0 Å². The molecule has 0 radical (unpaired) electrons. The second kappa shape index (κ2) is 18.5. The van der Waals surface area contributed by atoms with E-state index in [9.17, 15) is 0 Å². The van der Waals surface area contributed by atoms with Gasteiger partial charge in [0.05, 0.1) is 0 Å². The molecule has 0 amide bonds. The third kappa shape index (κ3) is 11.6. The maximum atomic E-state index is 2.68. The first-order valence-corrected chi connectivity index (χ1v) is 23.9. The van der Waals surface area contributed by atoms with Crippen molar-refractivity contribution in [2.45, 2.75) is 170 Å². The number of rotatable bonds is 6. The van der Waals surface area contributed by atoms with Crippen molar-refractivity contribution in [3.05, 3.63) is 145 Å². The summed E-state index contributed by atoms with van der Waals surface area (Å²) in [5, 5.41) is 6.12.